The lowest BCUT2D eigenvalue weighted by atomic mass is 10.0. The second-order valence-electron chi connectivity index (χ2n) is 2.86. The lowest BCUT2D eigenvalue weighted by molar-refractivity contribution is 0.423. The third kappa shape index (κ3) is 4.48. The van der Waals surface area contributed by atoms with E-state index in [1.165, 1.54) is 5.56 Å². The molecule has 1 unspecified atom stereocenters. The van der Waals surface area contributed by atoms with Crippen LogP contribution < -0.4 is 5.32 Å². The Balaban J connectivity index is 0.000000379. The van der Waals surface area contributed by atoms with E-state index in [0.29, 0.717) is 6.04 Å². The minimum absolute atomic E-state index is 0.602. The quantitative estimate of drug-likeness (QED) is 0.639. The average Bonchev–Trinajstić information content (AvgIpc) is 2.71. The van der Waals surface area contributed by atoms with Gasteiger partial charge < -0.3 is 9.73 Å². The van der Waals surface area contributed by atoms with Crippen LogP contribution in [0.1, 0.15) is 32.1 Å². The minimum Gasteiger partial charge on any atom is -0.468 e. The highest BCUT2D eigenvalue weighted by atomic mass is 128. The zero-order chi connectivity index (χ0) is 11.0. The SMILES string of the molecule is CC.CC1Cc2ccoc2CN1.II. The van der Waals surface area contributed by atoms with Crippen molar-refractivity contribution in [3.05, 3.63) is 23.7 Å². The van der Waals surface area contributed by atoms with Crippen molar-refractivity contribution < 1.29 is 4.42 Å². The number of nitrogens with one attached hydrogen (secondary N) is 1. The number of fused-ring (bicyclic) bond motifs is 1. The zero-order valence-electron chi connectivity index (χ0n) is 8.81. The number of hydrogen-bond donors (Lipinski definition) is 1. The van der Waals surface area contributed by atoms with Crippen LogP contribution in [-0.4, -0.2) is 6.04 Å². The van der Waals surface area contributed by atoms with E-state index in [1.54, 1.807) is 6.26 Å². The van der Waals surface area contributed by atoms with Crippen molar-refractivity contribution in [3.8, 4) is 0 Å². The molecule has 0 saturated carbocycles. The molecule has 2 heterocycles. The molecule has 0 fully saturated rings. The summed E-state index contributed by atoms with van der Waals surface area (Å²) in [6.07, 6.45) is 2.87. The highest BCUT2D eigenvalue weighted by molar-refractivity contribution is 15.0. The smallest absolute Gasteiger partial charge is 0.120 e. The molecular weight excluding hydrogens is 404 g/mol. The average molecular weight is 421 g/mol. The van der Waals surface area contributed by atoms with Gasteiger partial charge in [0.25, 0.3) is 0 Å². The van der Waals surface area contributed by atoms with Crippen molar-refractivity contribution in [2.45, 2.75) is 39.8 Å². The molecule has 0 amide bonds. The van der Waals surface area contributed by atoms with Crippen LogP contribution in [0.2, 0.25) is 0 Å². The lowest BCUT2D eigenvalue weighted by Crippen LogP contribution is -2.31. The first-order chi connectivity index (χ1) is 6.86. The summed E-state index contributed by atoms with van der Waals surface area (Å²) in [5.74, 6) is 1.11. The monoisotopic (exact) mass is 421 g/mol. The second-order valence-corrected chi connectivity index (χ2v) is 2.86. The molecule has 0 aliphatic carbocycles. The van der Waals surface area contributed by atoms with Crippen molar-refractivity contribution >= 4 is 37.2 Å². The molecule has 1 aromatic heterocycles. The molecule has 2 nitrogen and oxygen atoms in total. The van der Waals surface area contributed by atoms with Crippen LogP contribution in [-0.2, 0) is 13.0 Å². The molecule has 1 aliphatic rings. The molecule has 1 N–H and O–H groups in total. The highest BCUT2D eigenvalue weighted by Gasteiger charge is 2.15. The van der Waals surface area contributed by atoms with Gasteiger partial charge in [-0.05, 0) is 25.0 Å². The van der Waals surface area contributed by atoms with E-state index in [4.69, 9.17) is 4.42 Å². The van der Waals surface area contributed by atoms with Gasteiger partial charge in [-0.3, -0.25) is 0 Å². The van der Waals surface area contributed by atoms with E-state index in [0.717, 1.165) is 18.7 Å². The molecule has 0 saturated heterocycles. The predicted octanol–water partition coefficient (Wildman–Crippen LogP) is 4.11. The molecule has 1 atom stereocenters. The fraction of sp³-hybridized carbons (Fsp3) is 0.600. The molecule has 0 aromatic carbocycles. The molecule has 4 heteroatoms. The van der Waals surface area contributed by atoms with E-state index >= 15 is 0 Å². The van der Waals surface area contributed by atoms with Gasteiger partial charge in [0.05, 0.1) is 12.8 Å². The van der Waals surface area contributed by atoms with Crippen molar-refractivity contribution in [1.82, 2.24) is 5.32 Å². The molecule has 0 spiro atoms. The van der Waals surface area contributed by atoms with Gasteiger partial charge in [0.1, 0.15) is 5.76 Å². The molecule has 0 radical (unpaired) electrons. The zero-order valence-corrected chi connectivity index (χ0v) is 13.1. The summed E-state index contributed by atoms with van der Waals surface area (Å²) in [7, 11) is 0. The van der Waals surface area contributed by atoms with Crippen LogP contribution in [0, 0.1) is 0 Å². The van der Waals surface area contributed by atoms with Crippen LogP contribution >= 0.6 is 37.2 Å². The maximum absolute atomic E-state index is 5.24. The summed E-state index contributed by atoms with van der Waals surface area (Å²) in [4.78, 5) is 0. The Hall–Kier alpha value is 0.700. The third-order valence-corrected chi connectivity index (χ3v) is 1.97. The van der Waals surface area contributed by atoms with Crippen molar-refractivity contribution in [3.63, 3.8) is 0 Å². The van der Waals surface area contributed by atoms with Crippen LogP contribution in [0.15, 0.2) is 16.7 Å². The van der Waals surface area contributed by atoms with Crippen molar-refractivity contribution in [2.75, 3.05) is 0 Å². The standard InChI is InChI=1S/C8H11NO.C2H6.I2/c1-6-4-7-2-3-10-8(7)5-9-6;2*1-2/h2-3,6,9H,4-5H2,1H3;1-2H3;. The first-order valence-corrected chi connectivity index (χ1v) is 11.1. The Labute approximate surface area is 110 Å². The Morgan fingerprint density at radius 3 is 2.71 bits per heavy atom. The lowest BCUT2D eigenvalue weighted by Gasteiger charge is -2.18. The van der Waals surface area contributed by atoms with Gasteiger partial charge in [-0.1, -0.05) is 13.8 Å². The predicted molar refractivity (Wildman–Crippen MR) is 78.1 cm³/mol. The van der Waals surface area contributed by atoms with Crippen LogP contribution in [0.5, 0.6) is 0 Å². The molecule has 1 aliphatic heterocycles. The Morgan fingerprint density at radius 1 is 1.43 bits per heavy atom. The van der Waals surface area contributed by atoms with Crippen molar-refractivity contribution in [2.24, 2.45) is 0 Å². The van der Waals surface area contributed by atoms with Gasteiger partial charge in [0, 0.05) is 43.3 Å². The van der Waals surface area contributed by atoms with E-state index in [2.05, 4.69) is 55.5 Å². The van der Waals surface area contributed by atoms with Gasteiger partial charge in [-0.15, -0.1) is 0 Å². The Bertz CT molecular complexity index is 238. The first-order valence-electron chi connectivity index (χ1n) is 4.79. The molecule has 0 bridgehead atoms. The van der Waals surface area contributed by atoms with E-state index in [1.807, 2.05) is 13.8 Å². The van der Waals surface area contributed by atoms with Crippen LogP contribution in [0.4, 0.5) is 0 Å². The number of halogens is 2. The second kappa shape index (κ2) is 8.96. The van der Waals surface area contributed by atoms with E-state index < -0.39 is 0 Å². The fourth-order valence-electron chi connectivity index (χ4n) is 1.37. The molecule has 1 aromatic rings. The summed E-state index contributed by atoms with van der Waals surface area (Å²) < 4.78 is 5.24. The maximum atomic E-state index is 5.24. The van der Waals surface area contributed by atoms with E-state index in [9.17, 15) is 0 Å². The highest BCUT2D eigenvalue weighted by Crippen LogP contribution is 2.16. The Kier molecular flexibility index (Phi) is 9.41. The topological polar surface area (TPSA) is 25.2 Å². The molecule has 2 rings (SSSR count). The number of furan rings is 1. The summed E-state index contributed by atoms with van der Waals surface area (Å²) in [5, 5.41) is 3.33. The van der Waals surface area contributed by atoms with Crippen LogP contribution in [0.3, 0.4) is 0 Å². The summed E-state index contributed by atoms with van der Waals surface area (Å²) in [5.41, 5.74) is 1.37. The number of rotatable bonds is 0. The summed E-state index contributed by atoms with van der Waals surface area (Å²) >= 11 is 4.24. The van der Waals surface area contributed by atoms with Gasteiger partial charge in [-0.25, -0.2) is 0 Å². The maximum Gasteiger partial charge on any atom is 0.120 e. The molecule has 82 valence electrons. The van der Waals surface area contributed by atoms with Gasteiger partial charge in [-0.2, -0.15) is 0 Å². The largest absolute Gasteiger partial charge is 0.468 e. The third-order valence-electron chi connectivity index (χ3n) is 1.97. The number of hydrogen-bond acceptors (Lipinski definition) is 2. The molecular formula is C10H17I2NO. The van der Waals surface area contributed by atoms with Gasteiger partial charge in [0.15, 0.2) is 0 Å². The van der Waals surface area contributed by atoms with E-state index in [-0.39, 0.29) is 0 Å². The fourth-order valence-corrected chi connectivity index (χ4v) is 1.37. The van der Waals surface area contributed by atoms with Crippen LogP contribution in [0.25, 0.3) is 0 Å². The van der Waals surface area contributed by atoms with Crippen molar-refractivity contribution in [1.29, 1.82) is 0 Å². The Morgan fingerprint density at radius 2 is 2.07 bits per heavy atom. The first kappa shape index (κ1) is 14.7. The normalized spacial score (nSPS) is 18.2. The van der Waals surface area contributed by atoms with Gasteiger partial charge in [0.2, 0.25) is 0 Å². The summed E-state index contributed by atoms with van der Waals surface area (Å²) in [6.45, 7) is 7.08. The molecule has 14 heavy (non-hydrogen) atoms. The summed E-state index contributed by atoms with van der Waals surface area (Å²) in [6, 6.07) is 2.66. The van der Waals surface area contributed by atoms with Gasteiger partial charge >= 0.3 is 0 Å². The minimum atomic E-state index is 0.602.